The van der Waals surface area contributed by atoms with E-state index < -0.39 is 0 Å². The standard InChI is InChI=1S/C14H26N2/c1-10(2)16-11(3)9-13(12(16)4)14(5,6)7-8-15/h9-10H,7-8,15H2,1-6H3. The van der Waals surface area contributed by atoms with Crippen molar-refractivity contribution >= 4 is 0 Å². The van der Waals surface area contributed by atoms with Crippen LogP contribution in [0.15, 0.2) is 6.07 Å². The number of hydrogen-bond donors (Lipinski definition) is 1. The second-order valence-electron chi connectivity index (χ2n) is 5.67. The molecule has 0 radical (unpaired) electrons. The molecule has 0 fully saturated rings. The van der Waals surface area contributed by atoms with E-state index in [2.05, 4.69) is 52.2 Å². The van der Waals surface area contributed by atoms with E-state index in [1.54, 1.807) is 0 Å². The van der Waals surface area contributed by atoms with Crippen LogP contribution in [0.3, 0.4) is 0 Å². The molecule has 1 aromatic heterocycles. The summed E-state index contributed by atoms with van der Waals surface area (Å²) in [6, 6.07) is 2.85. The van der Waals surface area contributed by atoms with E-state index in [-0.39, 0.29) is 5.41 Å². The predicted molar refractivity (Wildman–Crippen MR) is 71.0 cm³/mol. The highest BCUT2D eigenvalue weighted by Crippen LogP contribution is 2.32. The third-order valence-electron chi connectivity index (χ3n) is 3.50. The monoisotopic (exact) mass is 222 g/mol. The number of aromatic nitrogens is 1. The fourth-order valence-corrected chi connectivity index (χ4v) is 2.75. The minimum absolute atomic E-state index is 0.184. The second-order valence-corrected chi connectivity index (χ2v) is 5.67. The molecule has 0 saturated heterocycles. The highest BCUT2D eigenvalue weighted by Gasteiger charge is 2.25. The third-order valence-corrected chi connectivity index (χ3v) is 3.50. The van der Waals surface area contributed by atoms with Crippen LogP contribution in [0.25, 0.3) is 0 Å². The number of hydrogen-bond acceptors (Lipinski definition) is 1. The van der Waals surface area contributed by atoms with Crippen LogP contribution in [0.2, 0.25) is 0 Å². The summed E-state index contributed by atoms with van der Waals surface area (Å²) in [4.78, 5) is 0. The molecule has 0 aromatic carbocycles. The average molecular weight is 222 g/mol. The molecule has 0 bridgehead atoms. The van der Waals surface area contributed by atoms with Crippen LogP contribution in [0.4, 0.5) is 0 Å². The Hall–Kier alpha value is -0.760. The van der Waals surface area contributed by atoms with E-state index in [9.17, 15) is 0 Å². The lowest BCUT2D eigenvalue weighted by Crippen LogP contribution is -2.22. The Kier molecular flexibility index (Phi) is 3.84. The summed E-state index contributed by atoms with van der Waals surface area (Å²) in [5.74, 6) is 0. The molecular weight excluding hydrogens is 196 g/mol. The first kappa shape index (κ1) is 13.3. The molecule has 0 aliphatic rings. The molecule has 0 atom stereocenters. The molecule has 0 unspecified atom stereocenters. The third kappa shape index (κ3) is 2.32. The van der Waals surface area contributed by atoms with Crippen LogP contribution in [-0.2, 0) is 5.41 Å². The van der Waals surface area contributed by atoms with Gasteiger partial charge in [0.05, 0.1) is 0 Å². The van der Waals surface area contributed by atoms with Gasteiger partial charge in [-0.2, -0.15) is 0 Å². The van der Waals surface area contributed by atoms with Gasteiger partial charge in [0.1, 0.15) is 0 Å². The second kappa shape index (κ2) is 4.62. The number of rotatable bonds is 4. The molecule has 0 saturated carbocycles. The minimum Gasteiger partial charge on any atom is -0.346 e. The van der Waals surface area contributed by atoms with E-state index in [0.29, 0.717) is 6.04 Å². The van der Waals surface area contributed by atoms with Gasteiger partial charge in [-0.3, -0.25) is 0 Å². The molecule has 2 heteroatoms. The van der Waals surface area contributed by atoms with Crippen molar-refractivity contribution in [1.29, 1.82) is 0 Å². The van der Waals surface area contributed by atoms with Gasteiger partial charge < -0.3 is 10.3 Å². The Balaban J connectivity index is 3.21. The quantitative estimate of drug-likeness (QED) is 0.832. The van der Waals surface area contributed by atoms with E-state index in [1.165, 1.54) is 17.0 Å². The van der Waals surface area contributed by atoms with Crippen LogP contribution in [0.1, 0.15) is 57.1 Å². The summed E-state index contributed by atoms with van der Waals surface area (Å²) in [5, 5.41) is 0. The highest BCUT2D eigenvalue weighted by molar-refractivity contribution is 5.33. The normalized spacial score (nSPS) is 12.5. The summed E-state index contributed by atoms with van der Waals surface area (Å²) in [6.07, 6.45) is 1.04. The number of aryl methyl sites for hydroxylation is 1. The zero-order chi connectivity index (χ0) is 12.5. The van der Waals surface area contributed by atoms with Gasteiger partial charge in [0.25, 0.3) is 0 Å². The summed E-state index contributed by atoms with van der Waals surface area (Å²) < 4.78 is 2.41. The van der Waals surface area contributed by atoms with Gasteiger partial charge in [0.15, 0.2) is 0 Å². The molecule has 0 amide bonds. The Labute approximate surface area is 99.8 Å². The van der Waals surface area contributed by atoms with Gasteiger partial charge in [-0.15, -0.1) is 0 Å². The van der Waals surface area contributed by atoms with Crippen molar-refractivity contribution in [3.05, 3.63) is 23.0 Å². The molecule has 1 aromatic rings. The van der Waals surface area contributed by atoms with Crippen molar-refractivity contribution in [2.45, 2.75) is 59.4 Å². The minimum atomic E-state index is 0.184. The van der Waals surface area contributed by atoms with Gasteiger partial charge in [-0.1, -0.05) is 13.8 Å². The van der Waals surface area contributed by atoms with Crippen molar-refractivity contribution in [1.82, 2.24) is 4.57 Å². The fourth-order valence-electron chi connectivity index (χ4n) is 2.75. The van der Waals surface area contributed by atoms with Crippen LogP contribution < -0.4 is 5.73 Å². The molecule has 2 N–H and O–H groups in total. The Morgan fingerprint density at radius 1 is 1.31 bits per heavy atom. The van der Waals surface area contributed by atoms with Crippen LogP contribution >= 0.6 is 0 Å². The maximum absolute atomic E-state index is 5.70. The molecule has 2 nitrogen and oxygen atoms in total. The summed E-state index contributed by atoms with van der Waals surface area (Å²) in [5.41, 5.74) is 10.1. The Morgan fingerprint density at radius 3 is 2.25 bits per heavy atom. The van der Waals surface area contributed by atoms with Crippen molar-refractivity contribution in [3.8, 4) is 0 Å². The Morgan fingerprint density at radius 2 is 1.88 bits per heavy atom. The first-order chi connectivity index (χ1) is 7.31. The summed E-state index contributed by atoms with van der Waals surface area (Å²) in [6.45, 7) is 14.2. The molecule has 16 heavy (non-hydrogen) atoms. The predicted octanol–water partition coefficient (Wildman–Crippen LogP) is 3.31. The summed E-state index contributed by atoms with van der Waals surface area (Å²) in [7, 11) is 0. The SMILES string of the molecule is Cc1cc(C(C)(C)CCN)c(C)n1C(C)C. The van der Waals surface area contributed by atoms with E-state index >= 15 is 0 Å². The maximum atomic E-state index is 5.70. The van der Waals surface area contributed by atoms with Gasteiger partial charge in [0, 0.05) is 17.4 Å². The molecule has 0 spiro atoms. The number of nitrogens with zero attached hydrogens (tertiary/aromatic N) is 1. The topological polar surface area (TPSA) is 30.9 Å². The Bertz CT molecular complexity index is 359. The lowest BCUT2D eigenvalue weighted by atomic mass is 9.81. The van der Waals surface area contributed by atoms with Gasteiger partial charge in [-0.25, -0.2) is 0 Å². The molecule has 1 rings (SSSR count). The first-order valence-electron chi connectivity index (χ1n) is 6.20. The van der Waals surface area contributed by atoms with Gasteiger partial charge >= 0.3 is 0 Å². The van der Waals surface area contributed by atoms with E-state index in [0.717, 1.165) is 13.0 Å². The lowest BCUT2D eigenvalue weighted by Gasteiger charge is -2.25. The molecule has 0 aliphatic heterocycles. The van der Waals surface area contributed by atoms with Crippen molar-refractivity contribution < 1.29 is 0 Å². The largest absolute Gasteiger partial charge is 0.346 e. The maximum Gasteiger partial charge on any atom is 0.0279 e. The zero-order valence-electron chi connectivity index (χ0n) is 11.6. The van der Waals surface area contributed by atoms with E-state index in [4.69, 9.17) is 5.73 Å². The van der Waals surface area contributed by atoms with Crippen LogP contribution in [0.5, 0.6) is 0 Å². The van der Waals surface area contributed by atoms with Gasteiger partial charge in [0.2, 0.25) is 0 Å². The lowest BCUT2D eigenvalue weighted by molar-refractivity contribution is 0.479. The molecule has 92 valence electrons. The van der Waals surface area contributed by atoms with Gasteiger partial charge in [-0.05, 0) is 57.7 Å². The highest BCUT2D eigenvalue weighted by atomic mass is 15.0. The number of nitrogens with two attached hydrogens (primary N) is 1. The van der Waals surface area contributed by atoms with Crippen molar-refractivity contribution in [2.75, 3.05) is 6.54 Å². The average Bonchev–Trinajstić information content (AvgIpc) is 2.42. The van der Waals surface area contributed by atoms with Crippen molar-refractivity contribution in [3.63, 3.8) is 0 Å². The summed E-state index contributed by atoms with van der Waals surface area (Å²) >= 11 is 0. The van der Waals surface area contributed by atoms with Crippen LogP contribution in [-0.4, -0.2) is 11.1 Å². The van der Waals surface area contributed by atoms with Crippen molar-refractivity contribution in [2.24, 2.45) is 5.73 Å². The molecule has 0 aliphatic carbocycles. The smallest absolute Gasteiger partial charge is 0.0279 e. The zero-order valence-corrected chi connectivity index (χ0v) is 11.6. The molecule has 1 heterocycles. The van der Waals surface area contributed by atoms with Crippen LogP contribution in [0, 0.1) is 13.8 Å². The van der Waals surface area contributed by atoms with E-state index in [1.807, 2.05) is 0 Å². The molecular formula is C14H26N2. The first-order valence-corrected chi connectivity index (χ1v) is 6.20. The fraction of sp³-hybridized carbons (Fsp3) is 0.714.